The monoisotopic (exact) mass is 885 g/mol. The second-order valence-electron chi connectivity index (χ2n) is 18.9. The predicted molar refractivity (Wildman–Crippen MR) is 296 cm³/mol. The molecule has 0 N–H and O–H groups in total. The van der Waals surface area contributed by atoms with E-state index >= 15 is 0 Å². The molecule has 0 bridgehead atoms. The van der Waals surface area contributed by atoms with Crippen LogP contribution in [0.2, 0.25) is 0 Å². The second kappa shape index (κ2) is 31.1. The normalized spacial score (nSPS) is 12.3. The molecule has 0 aromatic heterocycles. The zero-order valence-corrected chi connectivity index (χ0v) is 43.0. The quantitative estimate of drug-likeness (QED) is 0.0380. The van der Waals surface area contributed by atoms with Gasteiger partial charge in [-0.25, -0.2) is 0 Å². The Morgan fingerprint density at radius 3 is 1.27 bits per heavy atom. The Morgan fingerprint density at radius 2 is 0.833 bits per heavy atom. The molecular weight excluding hydrogens is 797 g/mol. The maximum absolute atomic E-state index is 6.30. The van der Waals surface area contributed by atoms with E-state index in [-0.39, 0.29) is 0 Å². The molecule has 4 aromatic rings. The van der Waals surface area contributed by atoms with E-state index in [9.17, 15) is 0 Å². The Labute approximate surface area is 405 Å². The van der Waals surface area contributed by atoms with E-state index in [0.29, 0.717) is 11.8 Å². The van der Waals surface area contributed by atoms with Gasteiger partial charge >= 0.3 is 0 Å². The molecule has 0 aliphatic heterocycles. The fraction of sp³-hybridized carbons (Fsp3) is 0.500. The Hall–Kier alpha value is -4.92. The molecular formula is C64H88N2. The molecule has 0 saturated carbocycles. The molecule has 0 spiro atoms. The van der Waals surface area contributed by atoms with Gasteiger partial charge in [-0.1, -0.05) is 211 Å². The lowest BCUT2D eigenvalue weighted by atomic mass is 9.85. The highest BCUT2D eigenvalue weighted by Crippen LogP contribution is 2.28. The molecule has 0 amide bonds. The zero-order valence-electron chi connectivity index (χ0n) is 43.0. The highest BCUT2D eigenvalue weighted by atomic mass is 15.1. The van der Waals surface area contributed by atoms with Crippen molar-refractivity contribution in [3.8, 4) is 24.2 Å². The van der Waals surface area contributed by atoms with Crippen LogP contribution in [-0.2, 0) is 12.8 Å². The van der Waals surface area contributed by atoms with E-state index in [0.717, 1.165) is 79.7 Å². The molecule has 0 radical (unpaired) electrons. The third-order valence-corrected chi connectivity index (χ3v) is 13.6. The van der Waals surface area contributed by atoms with Gasteiger partial charge in [-0.3, -0.25) is 0 Å². The Kier molecular flexibility index (Phi) is 25.3. The van der Waals surface area contributed by atoms with Crippen LogP contribution < -0.4 is 9.80 Å². The third-order valence-electron chi connectivity index (χ3n) is 13.6. The first kappa shape index (κ1) is 53.7. The average Bonchev–Trinajstić information content (AvgIpc) is 3.35. The molecule has 4 aromatic carbocycles. The van der Waals surface area contributed by atoms with Gasteiger partial charge in [0.05, 0.1) is 0 Å². The number of unbranched alkanes of at least 4 members (excludes halogenated alkanes) is 6. The summed E-state index contributed by atoms with van der Waals surface area (Å²) >= 11 is 0. The molecule has 2 atom stereocenters. The summed E-state index contributed by atoms with van der Waals surface area (Å²) in [5.74, 6) is 11.9. The largest absolute Gasteiger partial charge is 0.372 e. The molecule has 0 saturated heterocycles. The Balaban J connectivity index is 1.79. The number of nitrogens with zero attached hydrogens (tertiary/aromatic N) is 2. The summed E-state index contributed by atoms with van der Waals surface area (Å²) in [4.78, 5) is 5.11. The first-order valence-electron chi connectivity index (χ1n) is 26.7. The summed E-state index contributed by atoms with van der Waals surface area (Å²) < 4.78 is 0. The lowest BCUT2D eigenvalue weighted by Crippen LogP contribution is -2.25. The molecule has 0 aliphatic rings. The maximum Gasteiger partial charge on any atom is 0.0366 e. The van der Waals surface area contributed by atoms with Crippen LogP contribution in [0.5, 0.6) is 0 Å². The standard InChI is InChI=1S/C64H88N2/c1-10-19-25-52(16-7)47-61-51-60(62(50-57(61)18-9)48-53(17-8)26-20-11-2)38-37-59-49-56(28-27-54-31-39-63(40-32-54)65(43-21-12-3)44-22-13-4)30-36-58(59)35-29-55-33-41-64(42-34-55)66(45-23-14-5)46-24-15-6/h9,27-36,39-42,49-53H,10-17,19-26,43-48H2,1-8H3/b28-27+,35-29+. The van der Waals surface area contributed by atoms with Crippen molar-refractivity contribution < 1.29 is 0 Å². The van der Waals surface area contributed by atoms with Crippen LogP contribution in [-0.4, -0.2) is 26.2 Å². The van der Waals surface area contributed by atoms with Crippen molar-refractivity contribution in [1.29, 1.82) is 0 Å². The van der Waals surface area contributed by atoms with Crippen LogP contribution >= 0.6 is 0 Å². The zero-order chi connectivity index (χ0) is 47.4. The SMILES string of the molecule is C#Cc1cc(CC(CC)CCCC)c(C#Cc2cc(/C=C/c3ccc(N(CCCC)CCCC)cc3)ccc2/C=C/c2ccc(N(CCCC)CCCC)cc2)cc1CC(CC)CCCC. The molecule has 2 heteroatoms. The number of terminal acetylenes is 1. The second-order valence-corrected chi connectivity index (χ2v) is 18.9. The van der Waals surface area contributed by atoms with E-state index in [2.05, 4.69) is 186 Å². The smallest absolute Gasteiger partial charge is 0.0366 e. The molecule has 354 valence electrons. The summed E-state index contributed by atoms with van der Waals surface area (Å²) in [5, 5.41) is 0. The van der Waals surface area contributed by atoms with Gasteiger partial charge in [0.15, 0.2) is 0 Å². The fourth-order valence-electron chi connectivity index (χ4n) is 8.96. The lowest BCUT2D eigenvalue weighted by molar-refractivity contribution is 0.446. The highest BCUT2D eigenvalue weighted by Gasteiger charge is 2.16. The van der Waals surface area contributed by atoms with E-state index in [1.54, 1.807) is 0 Å². The van der Waals surface area contributed by atoms with E-state index in [1.165, 1.54) is 124 Å². The fourth-order valence-corrected chi connectivity index (χ4v) is 8.96. The Morgan fingerprint density at radius 1 is 0.439 bits per heavy atom. The van der Waals surface area contributed by atoms with Crippen LogP contribution in [0.15, 0.2) is 78.9 Å². The highest BCUT2D eigenvalue weighted by molar-refractivity contribution is 5.77. The van der Waals surface area contributed by atoms with Crippen molar-refractivity contribution in [2.45, 2.75) is 171 Å². The molecule has 0 fully saturated rings. The van der Waals surface area contributed by atoms with E-state index in [4.69, 9.17) is 6.42 Å². The minimum atomic E-state index is 0.614. The minimum absolute atomic E-state index is 0.614. The molecule has 66 heavy (non-hydrogen) atoms. The van der Waals surface area contributed by atoms with Crippen molar-refractivity contribution in [3.63, 3.8) is 0 Å². The summed E-state index contributed by atoms with van der Waals surface area (Å²) in [6.07, 6.45) is 36.8. The predicted octanol–water partition coefficient (Wildman–Crippen LogP) is 17.7. The number of rotatable bonds is 30. The van der Waals surface area contributed by atoms with Gasteiger partial charge in [0.2, 0.25) is 0 Å². The van der Waals surface area contributed by atoms with Crippen LogP contribution in [0.25, 0.3) is 24.3 Å². The van der Waals surface area contributed by atoms with Gasteiger partial charge in [-0.15, -0.1) is 6.42 Å². The van der Waals surface area contributed by atoms with Gasteiger partial charge in [-0.05, 0) is 126 Å². The van der Waals surface area contributed by atoms with Crippen molar-refractivity contribution in [2.24, 2.45) is 11.8 Å². The van der Waals surface area contributed by atoms with Crippen LogP contribution in [0, 0.1) is 36.0 Å². The van der Waals surface area contributed by atoms with Crippen molar-refractivity contribution >= 4 is 35.7 Å². The number of hydrogen-bond acceptors (Lipinski definition) is 2. The summed E-state index contributed by atoms with van der Waals surface area (Å²) in [5.41, 5.74) is 13.1. The van der Waals surface area contributed by atoms with Gasteiger partial charge in [0.1, 0.15) is 0 Å². The van der Waals surface area contributed by atoms with Gasteiger partial charge in [0, 0.05) is 54.2 Å². The summed E-state index contributed by atoms with van der Waals surface area (Å²) in [7, 11) is 0. The van der Waals surface area contributed by atoms with Crippen LogP contribution in [0.1, 0.15) is 208 Å². The molecule has 2 nitrogen and oxygen atoms in total. The van der Waals surface area contributed by atoms with Gasteiger partial charge in [0.25, 0.3) is 0 Å². The summed E-state index contributed by atoms with van der Waals surface area (Å²) in [6, 6.07) is 29.7. The van der Waals surface area contributed by atoms with Crippen molar-refractivity contribution in [1.82, 2.24) is 0 Å². The topological polar surface area (TPSA) is 6.48 Å². The average molecular weight is 885 g/mol. The molecule has 4 rings (SSSR count). The first-order chi connectivity index (χ1) is 32.3. The van der Waals surface area contributed by atoms with Crippen LogP contribution in [0.4, 0.5) is 11.4 Å². The maximum atomic E-state index is 6.30. The van der Waals surface area contributed by atoms with E-state index < -0.39 is 0 Å². The number of anilines is 2. The molecule has 2 unspecified atom stereocenters. The minimum Gasteiger partial charge on any atom is -0.372 e. The van der Waals surface area contributed by atoms with E-state index in [1.807, 2.05) is 0 Å². The van der Waals surface area contributed by atoms with Gasteiger partial charge in [-0.2, -0.15) is 0 Å². The number of hydrogen-bond donors (Lipinski definition) is 0. The first-order valence-corrected chi connectivity index (χ1v) is 26.7. The van der Waals surface area contributed by atoms with Crippen molar-refractivity contribution in [2.75, 3.05) is 36.0 Å². The van der Waals surface area contributed by atoms with Gasteiger partial charge < -0.3 is 9.80 Å². The molecule has 0 heterocycles. The Bertz CT molecular complexity index is 2120. The third kappa shape index (κ3) is 18.0. The summed E-state index contributed by atoms with van der Waals surface area (Å²) in [6.45, 7) is 22.8. The van der Waals surface area contributed by atoms with Crippen LogP contribution in [0.3, 0.4) is 0 Å². The number of benzene rings is 4. The lowest BCUT2D eigenvalue weighted by Gasteiger charge is -2.24. The molecule has 0 aliphatic carbocycles. The van der Waals surface area contributed by atoms with Crippen molar-refractivity contribution in [3.05, 3.63) is 129 Å².